The summed E-state index contributed by atoms with van der Waals surface area (Å²) in [6.45, 7) is 0. The molecule has 0 saturated heterocycles. The first kappa shape index (κ1) is 12.2. The van der Waals surface area contributed by atoms with Gasteiger partial charge in [-0.05, 0) is 49.2 Å². The summed E-state index contributed by atoms with van der Waals surface area (Å²) >= 11 is 5.77. The largest absolute Gasteiger partial charge is 0.448 e. The highest BCUT2D eigenvalue weighted by Crippen LogP contribution is 2.23. The lowest BCUT2D eigenvalue weighted by molar-refractivity contribution is 0.416. The molecule has 0 aromatic carbocycles. The molecule has 0 saturated carbocycles. The zero-order chi connectivity index (χ0) is 12.3. The SMILES string of the molecule is CNC(CCc1cnn(C)c1)c1ccc(Cl)o1. The molecule has 17 heavy (non-hydrogen) atoms. The second kappa shape index (κ2) is 5.38. The van der Waals surface area contributed by atoms with E-state index < -0.39 is 0 Å². The summed E-state index contributed by atoms with van der Waals surface area (Å²) in [6, 6.07) is 3.86. The van der Waals surface area contributed by atoms with Gasteiger partial charge in [-0.25, -0.2) is 0 Å². The number of hydrogen-bond acceptors (Lipinski definition) is 3. The van der Waals surface area contributed by atoms with E-state index in [1.165, 1.54) is 5.56 Å². The molecule has 1 unspecified atom stereocenters. The first-order valence-electron chi connectivity index (χ1n) is 5.59. The van der Waals surface area contributed by atoms with Crippen LogP contribution >= 0.6 is 11.6 Å². The van der Waals surface area contributed by atoms with Crippen LogP contribution in [0, 0.1) is 0 Å². The first-order chi connectivity index (χ1) is 8.19. The van der Waals surface area contributed by atoms with Gasteiger partial charge in [-0.1, -0.05) is 0 Å². The number of aromatic nitrogens is 2. The van der Waals surface area contributed by atoms with Crippen LogP contribution in [-0.4, -0.2) is 16.8 Å². The topological polar surface area (TPSA) is 43.0 Å². The monoisotopic (exact) mass is 253 g/mol. The Morgan fingerprint density at radius 1 is 1.53 bits per heavy atom. The van der Waals surface area contributed by atoms with Crippen molar-refractivity contribution < 1.29 is 4.42 Å². The lowest BCUT2D eigenvalue weighted by atomic mass is 10.1. The summed E-state index contributed by atoms with van der Waals surface area (Å²) in [4.78, 5) is 0. The molecule has 2 rings (SSSR count). The molecule has 0 radical (unpaired) electrons. The van der Waals surface area contributed by atoms with Crippen molar-refractivity contribution in [3.63, 3.8) is 0 Å². The van der Waals surface area contributed by atoms with Crippen LogP contribution in [0.25, 0.3) is 0 Å². The zero-order valence-electron chi connectivity index (χ0n) is 9.98. The van der Waals surface area contributed by atoms with Crippen molar-refractivity contribution in [2.24, 2.45) is 7.05 Å². The zero-order valence-corrected chi connectivity index (χ0v) is 10.7. The van der Waals surface area contributed by atoms with Gasteiger partial charge in [0, 0.05) is 13.2 Å². The second-order valence-corrected chi connectivity index (χ2v) is 4.42. The smallest absolute Gasteiger partial charge is 0.193 e. The van der Waals surface area contributed by atoms with Gasteiger partial charge in [0.15, 0.2) is 5.22 Å². The van der Waals surface area contributed by atoms with E-state index in [-0.39, 0.29) is 6.04 Å². The van der Waals surface area contributed by atoms with Crippen molar-refractivity contribution in [2.45, 2.75) is 18.9 Å². The van der Waals surface area contributed by atoms with Gasteiger partial charge in [-0.3, -0.25) is 4.68 Å². The summed E-state index contributed by atoms with van der Waals surface area (Å²) in [5.41, 5.74) is 1.23. The van der Waals surface area contributed by atoms with Gasteiger partial charge < -0.3 is 9.73 Å². The molecule has 0 bridgehead atoms. The standard InChI is InChI=1S/C12H16ClN3O/c1-14-10(11-5-6-12(13)17-11)4-3-9-7-15-16(2)8-9/h5-8,10,14H,3-4H2,1-2H3. The molecule has 2 heterocycles. The third-order valence-corrected chi connectivity index (χ3v) is 2.97. The summed E-state index contributed by atoms with van der Waals surface area (Å²) < 4.78 is 7.23. The summed E-state index contributed by atoms with van der Waals surface area (Å²) in [5, 5.41) is 7.81. The highest BCUT2D eigenvalue weighted by molar-refractivity contribution is 6.28. The van der Waals surface area contributed by atoms with Gasteiger partial charge in [0.2, 0.25) is 0 Å². The Morgan fingerprint density at radius 3 is 2.88 bits per heavy atom. The van der Waals surface area contributed by atoms with Crippen molar-refractivity contribution >= 4 is 11.6 Å². The summed E-state index contributed by atoms with van der Waals surface area (Å²) in [6.07, 6.45) is 5.83. The number of hydrogen-bond donors (Lipinski definition) is 1. The number of nitrogens with zero attached hydrogens (tertiary/aromatic N) is 2. The van der Waals surface area contributed by atoms with Crippen LogP contribution in [0.4, 0.5) is 0 Å². The van der Waals surface area contributed by atoms with E-state index in [2.05, 4.69) is 10.4 Å². The Morgan fingerprint density at radius 2 is 2.35 bits per heavy atom. The minimum absolute atomic E-state index is 0.183. The Hall–Kier alpha value is -1.26. The van der Waals surface area contributed by atoms with Crippen molar-refractivity contribution in [1.82, 2.24) is 15.1 Å². The van der Waals surface area contributed by atoms with Gasteiger partial charge in [-0.2, -0.15) is 5.10 Å². The van der Waals surface area contributed by atoms with Crippen LogP contribution in [0.5, 0.6) is 0 Å². The fourth-order valence-electron chi connectivity index (χ4n) is 1.86. The highest BCUT2D eigenvalue weighted by atomic mass is 35.5. The van der Waals surface area contributed by atoms with Crippen LogP contribution in [0.3, 0.4) is 0 Å². The van der Waals surface area contributed by atoms with Crippen LogP contribution in [0.1, 0.15) is 23.8 Å². The maximum Gasteiger partial charge on any atom is 0.193 e. The predicted octanol–water partition coefficient (Wildman–Crippen LogP) is 2.56. The molecule has 2 aromatic heterocycles. The quantitative estimate of drug-likeness (QED) is 0.891. The van der Waals surface area contributed by atoms with Crippen molar-refractivity contribution in [2.75, 3.05) is 7.05 Å². The number of aryl methyl sites for hydroxylation is 2. The molecule has 0 fully saturated rings. The van der Waals surface area contributed by atoms with E-state index in [9.17, 15) is 0 Å². The maximum absolute atomic E-state index is 5.77. The minimum atomic E-state index is 0.183. The lowest BCUT2D eigenvalue weighted by Crippen LogP contribution is -2.16. The van der Waals surface area contributed by atoms with Gasteiger partial charge in [0.05, 0.1) is 12.2 Å². The number of halogens is 1. The normalized spacial score (nSPS) is 12.9. The van der Waals surface area contributed by atoms with Crippen LogP contribution in [0.15, 0.2) is 28.9 Å². The van der Waals surface area contributed by atoms with Crippen LogP contribution in [-0.2, 0) is 13.5 Å². The molecule has 0 aliphatic rings. The van der Waals surface area contributed by atoms with E-state index in [0.29, 0.717) is 5.22 Å². The molecule has 0 spiro atoms. The Kier molecular flexibility index (Phi) is 3.86. The fraction of sp³-hybridized carbons (Fsp3) is 0.417. The van der Waals surface area contributed by atoms with E-state index in [4.69, 9.17) is 16.0 Å². The highest BCUT2D eigenvalue weighted by Gasteiger charge is 2.13. The maximum atomic E-state index is 5.77. The minimum Gasteiger partial charge on any atom is -0.448 e. The molecule has 4 nitrogen and oxygen atoms in total. The Labute approximate surface area is 106 Å². The first-order valence-corrected chi connectivity index (χ1v) is 5.97. The predicted molar refractivity (Wildman–Crippen MR) is 67.0 cm³/mol. The van der Waals surface area contributed by atoms with E-state index in [1.807, 2.05) is 37.2 Å². The van der Waals surface area contributed by atoms with Gasteiger partial charge in [0.25, 0.3) is 0 Å². The molecule has 2 aromatic rings. The molecule has 0 amide bonds. The van der Waals surface area contributed by atoms with E-state index in [1.54, 1.807) is 6.07 Å². The molecule has 5 heteroatoms. The molecule has 0 aliphatic heterocycles. The average Bonchev–Trinajstić information content (AvgIpc) is 2.89. The second-order valence-electron chi connectivity index (χ2n) is 4.04. The van der Waals surface area contributed by atoms with Gasteiger partial charge >= 0.3 is 0 Å². The third kappa shape index (κ3) is 3.11. The number of furan rings is 1. The van der Waals surface area contributed by atoms with Crippen LogP contribution < -0.4 is 5.32 Å². The van der Waals surface area contributed by atoms with E-state index >= 15 is 0 Å². The number of nitrogens with one attached hydrogen (secondary N) is 1. The van der Waals surface area contributed by atoms with Gasteiger partial charge in [-0.15, -0.1) is 0 Å². The van der Waals surface area contributed by atoms with E-state index in [0.717, 1.165) is 18.6 Å². The Balaban J connectivity index is 1.96. The van der Waals surface area contributed by atoms with Crippen molar-refractivity contribution in [3.8, 4) is 0 Å². The molecule has 0 aliphatic carbocycles. The average molecular weight is 254 g/mol. The van der Waals surface area contributed by atoms with Crippen molar-refractivity contribution in [1.29, 1.82) is 0 Å². The number of rotatable bonds is 5. The fourth-order valence-corrected chi connectivity index (χ4v) is 2.01. The Bertz CT molecular complexity index is 478. The molecule has 1 atom stereocenters. The molecular formula is C12H16ClN3O. The summed E-state index contributed by atoms with van der Waals surface area (Å²) in [7, 11) is 3.84. The molecular weight excluding hydrogens is 238 g/mol. The molecule has 1 N–H and O–H groups in total. The molecule has 92 valence electrons. The van der Waals surface area contributed by atoms with Crippen LogP contribution in [0.2, 0.25) is 5.22 Å². The van der Waals surface area contributed by atoms with Gasteiger partial charge in [0.1, 0.15) is 5.76 Å². The lowest BCUT2D eigenvalue weighted by Gasteiger charge is -2.12. The van der Waals surface area contributed by atoms with Crippen molar-refractivity contribution in [3.05, 3.63) is 41.1 Å². The third-order valence-electron chi connectivity index (χ3n) is 2.77. The summed E-state index contributed by atoms with van der Waals surface area (Å²) in [5.74, 6) is 0.876.